The molecule has 1 fully saturated rings. The van der Waals surface area contributed by atoms with Crippen LogP contribution in [0.2, 0.25) is 5.02 Å². The summed E-state index contributed by atoms with van der Waals surface area (Å²) in [6.07, 6.45) is 2.22. The van der Waals surface area contributed by atoms with E-state index in [0.29, 0.717) is 10.7 Å². The lowest BCUT2D eigenvalue weighted by Crippen LogP contribution is -2.40. The topological polar surface area (TPSA) is 73.1 Å². The number of anilines is 3. The van der Waals surface area contributed by atoms with Gasteiger partial charge in [0, 0.05) is 54.1 Å². The lowest BCUT2D eigenvalue weighted by atomic mass is 10.1. The van der Waals surface area contributed by atoms with Gasteiger partial charge in [0.2, 0.25) is 0 Å². The van der Waals surface area contributed by atoms with E-state index in [2.05, 4.69) is 20.6 Å². The zero-order valence-corrected chi connectivity index (χ0v) is 15.9. The first-order valence-electron chi connectivity index (χ1n) is 8.94. The Balaban J connectivity index is 1.43. The molecule has 1 aliphatic rings. The highest BCUT2D eigenvalue weighted by Crippen LogP contribution is 2.31. The van der Waals surface area contributed by atoms with E-state index in [0.717, 1.165) is 17.0 Å². The first kappa shape index (κ1) is 19.4. The Hall–Kier alpha value is -2.94. The highest BCUT2D eigenvalue weighted by Gasteiger charge is 2.35. The number of hydrogen-bond acceptors (Lipinski definition) is 3. The van der Waals surface area contributed by atoms with Crippen LogP contribution in [0.25, 0.3) is 10.9 Å². The fraction of sp³-hybridized carbons (Fsp3) is 0.263. The SMILES string of the molecule is O=C(Nc1cnc(N2CCC(F)(F)CC2)c(F)c1)Nc1c[nH]c2ccc(Cl)cc12. The maximum absolute atomic E-state index is 14.4. The number of aromatic nitrogens is 2. The van der Waals surface area contributed by atoms with Crippen molar-refractivity contribution in [3.05, 3.63) is 47.5 Å². The van der Waals surface area contributed by atoms with E-state index < -0.39 is 17.8 Å². The summed E-state index contributed by atoms with van der Waals surface area (Å²) < 4.78 is 41.0. The van der Waals surface area contributed by atoms with Gasteiger partial charge < -0.3 is 20.5 Å². The van der Waals surface area contributed by atoms with Crippen LogP contribution in [0.15, 0.2) is 36.7 Å². The maximum atomic E-state index is 14.4. The number of benzene rings is 1. The third-order valence-electron chi connectivity index (χ3n) is 4.77. The number of piperidine rings is 1. The van der Waals surface area contributed by atoms with Crippen molar-refractivity contribution in [2.75, 3.05) is 28.6 Å². The Labute approximate surface area is 169 Å². The number of carbonyl (C=O) groups excluding carboxylic acids is 1. The molecule has 0 bridgehead atoms. The predicted molar refractivity (Wildman–Crippen MR) is 107 cm³/mol. The number of amides is 2. The summed E-state index contributed by atoms with van der Waals surface area (Å²) in [5.74, 6) is -3.41. The number of alkyl halides is 2. The number of H-pyrrole nitrogens is 1. The van der Waals surface area contributed by atoms with E-state index in [4.69, 9.17) is 11.6 Å². The Bertz CT molecular complexity index is 1060. The smallest absolute Gasteiger partial charge is 0.323 e. The lowest BCUT2D eigenvalue weighted by molar-refractivity contribution is -0.0222. The molecule has 6 nitrogen and oxygen atoms in total. The van der Waals surface area contributed by atoms with E-state index in [9.17, 15) is 18.0 Å². The van der Waals surface area contributed by atoms with Gasteiger partial charge in [-0.15, -0.1) is 0 Å². The molecule has 3 N–H and O–H groups in total. The second-order valence-electron chi connectivity index (χ2n) is 6.84. The maximum Gasteiger partial charge on any atom is 0.323 e. The van der Waals surface area contributed by atoms with Crippen LogP contribution >= 0.6 is 11.6 Å². The normalized spacial score (nSPS) is 16.1. The predicted octanol–water partition coefficient (Wildman–Crippen LogP) is 5.23. The number of rotatable bonds is 3. The first-order chi connectivity index (χ1) is 13.8. The number of halogens is 4. The number of fused-ring (bicyclic) bond motifs is 1. The average molecular weight is 424 g/mol. The summed E-state index contributed by atoms with van der Waals surface area (Å²) in [6.45, 7) is 0.0423. The molecule has 0 spiro atoms. The molecule has 0 aliphatic carbocycles. The number of hydrogen-bond donors (Lipinski definition) is 3. The molecular formula is C19H17ClF3N5O. The quantitative estimate of drug-likeness (QED) is 0.539. The standard InChI is InChI=1S/C19H17ClF3N5O/c20-11-1-2-15-13(7-11)16(10-24-15)27-18(29)26-12-8-14(21)17(25-9-12)28-5-3-19(22,23)4-6-28/h1-2,7-10,24H,3-6H2,(H2,26,27,29). The minimum Gasteiger partial charge on any atom is -0.359 e. The number of pyridine rings is 1. The van der Waals surface area contributed by atoms with Gasteiger partial charge in [-0.25, -0.2) is 22.9 Å². The van der Waals surface area contributed by atoms with Crippen molar-refractivity contribution in [2.45, 2.75) is 18.8 Å². The van der Waals surface area contributed by atoms with Gasteiger partial charge in [0.25, 0.3) is 5.92 Å². The molecule has 0 saturated carbocycles. The van der Waals surface area contributed by atoms with Gasteiger partial charge in [0.05, 0.1) is 17.6 Å². The van der Waals surface area contributed by atoms with Gasteiger partial charge in [0.15, 0.2) is 11.6 Å². The molecule has 2 amide bonds. The Kier molecular flexibility index (Phi) is 4.99. The number of urea groups is 1. The molecule has 2 aromatic heterocycles. The zero-order chi connectivity index (χ0) is 20.6. The van der Waals surface area contributed by atoms with Crippen molar-refractivity contribution in [3.63, 3.8) is 0 Å². The molecule has 29 heavy (non-hydrogen) atoms. The number of carbonyl (C=O) groups is 1. The molecule has 1 aromatic carbocycles. The lowest BCUT2D eigenvalue weighted by Gasteiger charge is -2.32. The third-order valence-corrected chi connectivity index (χ3v) is 5.00. The van der Waals surface area contributed by atoms with Crippen molar-refractivity contribution < 1.29 is 18.0 Å². The van der Waals surface area contributed by atoms with Crippen LogP contribution in [-0.4, -0.2) is 35.0 Å². The fourth-order valence-electron chi connectivity index (χ4n) is 3.26. The summed E-state index contributed by atoms with van der Waals surface area (Å²) in [7, 11) is 0. The average Bonchev–Trinajstić information content (AvgIpc) is 3.04. The van der Waals surface area contributed by atoms with Crippen molar-refractivity contribution in [3.8, 4) is 0 Å². The summed E-state index contributed by atoms with van der Waals surface area (Å²) >= 11 is 5.99. The second kappa shape index (κ2) is 7.47. The van der Waals surface area contributed by atoms with Gasteiger partial charge in [0.1, 0.15) is 0 Å². The third kappa shape index (κ3) is 4.24. The summed E-state index contributed by atoms with van der Waals surface area (Å²) in [6, 6.07) is 5.75. The summed E-state index contributed by atoms with van der Waals surface area (Å²) in [5, 5.41) is 6.43. The van der Waals surface area contributed by atoms with E-state index >= 15 is 0 Å². The molecule has 3 aromatic rings. The van der Waals surface area contributed by atoms with E-state index in [1.165, 1.54) is 11.1 Å². The van der Waals surface area contributed by atoms with Crippen molar-refractivity contribution in [2.24, 2.45) is 0 Å². The van der Waals surface area contributed by atoms with Gasteiger partial charge in [-0.2, -0.15) is 0 Å². The van der Waals surface area contributed by atoms with Crippen LogP contribution in [-0.2, 0) is 0 Å². The van der Waals surface area contributed by atoms with Crippen LogP contribution in [0.5, 0.6) is 0 Å². The molecule has 10 heteroatoms. The minimum absolute atomic E-state index is 0.00210. The summed E-state index contributed by atoms with van der Waals surface area (Å²) in [4.78, 5) is 20.8. The minimum atomic E-state index is -2.72. The molecule has 3 heterocycles. The molecular weight excluding hydrogens is 407 g/mol. The van der Waals surface area contributed by atoms with Gasteiger partial charge in [-0.05, 0) is 18.2 Å². The van der Waals surface area contributed by atoms with Crippen molar-refractivity contribution in [1.82, 2.24) is 9.97 Å². The van der Waals surface area contributed by atoms with Crippen LogP contribution in [0.4, 0.5) is 35.2 Å². The van der Waals surface area contributed by atoms with Crippen LogP contribution in [0, 0.1) is 5.82 Å². The fourth-order valence-corrected chi connectivity index (χ4v) is 3.43. The van der Waals surface area contributed by atoms with E-state index in [1.807, 2.05) is 0 Å². The highest BCUT2D eigenvalue weighted by atomic mass is 35.5. The second-order valence-corrected chi connectivity index (χ2v) is 7.28. The van der Waals surface area contributed by atoms with Crippen molar-refractivity contribution in [1.29, 1.82) is 0 Å². The number of nitrogens with zero attached hydrogens (tertiary/aromatic N) is 2. The van der Waals surface area contributed by atoms with Gasteiger partial charge >= 0.3 is 6.03 Å². The van der Waals surface area contributed by atoms with E-state index in [-0.39, 0.29) is 37.4 Å². The van der Waals surface area contributed by atoms with Gasteiger partial charge in [-0.1, -0.05) is 11.6 Å². The first-order valence-corrected chi connectivity index (χ1v) is 9.31. The molecule has 0 atom stereocenters. The molecule has 0 unspecified atom stereocenters. The summed E-state index contributed by atoms with van der Waals surface area (Å²) in [5.41, 5.74) is 1.46. The molecule has 4 rings (SSSR count). The molecule has 0 radical (unpaired) electrons. The van der Waals surface area contributed by atoms with Crippen LogP contribution < -0.4 is 15.5 Å². The van der Waals surface area contributed by atoms with Crippen LogP contribution in [0.3, 0.4) is 0 Å². The largest absolute Gasteiger partial charge is 0.359 e. The number of nitrogens with one attached hydrogen (secondary N) is 3. The molecule has 152 valence electrons. The van der Waals surface area contributed by atoms with Gasteiger partial charge in [-0.3, -0.25) is 0 Å². The zero-order valence-electron chi connectivity index (χ0n) is 15.1. The Morgan fingerprint density at radius 1 is 1.21 bits per heavy atom. The molecule has 1 saturated heterocycles. The Morgan fingerprint density at radius 3 is 2.69 bits per heavy atom. The monoisotopic (exact) mass is 423 g/mol. The van der Waals surface area contributed by atoms with Crippen LogP contribution in [0.1, 0.15) is 12.8 Å². The number of aromatic amines is 1. The van der Waals surface area contributed by atoms with E-state index in [1.54, 1.807) is 24.4 Å². The Morgan fingerprint density at radius 2 is 1.97 bits per heavy atom. The molecule has 1 aliphatic heterocycles. The van der Waals surface area contributed by atoms with Crippen molar-refractivity contribution >= 4 is 45.7 Å². The highest BCUT2D eigenvalue weighted by molar-refractivity contribution is 6.31.